The van der Waals surface area contributed by atoms with E-state index in [0.29, 0.717) is 23.6 Å². The van der Waals surface area contributed by atoms with Crippen molar-refractivity contribution >= 4 is 0 Å². The predicted molar refractivity (Wildman–Crippen MR) is 130 cm³/mol. The van der Waals surface area contributed by atoms with Gasteiger partial charge in [0.2, 0.25) is 0 Å². The van der Waals surface area contributed by atoms with E-state index >= 15 is 0 Å². The van der Waals surface area contributed by atoms with Crippen molar-refractivity contribution in [2.45, 2.75) is 97.3 Å². The Labute approximate surface area is 194 Å². The maximum Gasteiger partial charge on any atom is 0.136 e. The van der Waals surface area contributed by atoms with Crippen molar-refractivity contribution in [1.82, 2.24) is 10.2 Å². The lowest BCUT2D eigenvalue weighted by Crippen LogP contribution is -2.15. The van der Waals surface area contributed by atoms with Gasteiger partial charge in [-0.25, -0.2) is 4.39 Å². The van der Waals surface area contributed by atoms with E-state index in [4.69, 9.17) is 4.74 Å². The molecule has 176 valence electrons. The lowest BCUT2D eigenvalue weighted by atomic mass is 9.78. The van der Waals surface area contributed by atoms with Crippen LogP contribution in [0, 0.1) is 17.7 Å². The fraction of sp³-hybridized carbons (Fsp3) is 0.643. The smallest absolute Gasteiger partial charge is 0.136 e. The van der Waals surface area contributed by atoms with Crippen molar-refractivity contribution in [3.63, 3.8) is 0 Å². The van der Waals surface area contributed by atoms with Crippen molar-refractivity contribution in [1.29, 1.82) is 0 Å². The zero-order valence-electron chi connectivity index (χ0n) is 20.1. The van der Waals surface area contributed by atoms with Crippen molar-refractivity contribution < 1.29 is 9.13 Å². The van der Waals surface area contributed by atoms with Crippen molar-refractivity contribution in [2.75, 3.05) is 6.61 Å². The van der Waals surface area contributed by atoms with Gasteiger partial charge in [-0.3, -0.25) is 0 Å². The number of ether oxygens (including phenoxy) is 1. The van der Waals surface area contributed by atoms with Crippen molar-refractivity contribution in [2.24, 2.45) is 11.8 Å². The Morgan fingerprint density at radius 1 is 0.844 bits per heavy atom. The molecule has 1 fully saturated rings. The highest BCUT2D eigenvalue weighted by Crippen LogP contribution is 2.33. The summed E-state index contributed by atoms with van der Waals surface area (Å²) in [5.74, 6) is 2.05. The number of hydrogen-bond acceptors (Lipinski definition) is 3. The van der Waals surface area contributed by atoms with Crippen LogP contribution in [0.15, 0.2) is 30.3 Å². The third kappa shape index (κ3) is 7.86. The van der Waals surface area contributed by atoms with E-state index in [1.807, 2.05) is 18.2 Å². The minimum absolute atomic E-state index is 0.306. The van der Waals surface area contributed by atoms with E-state index in [2.05, 4.69) is 24.0 Å². The minimum atomic E-state index is -0.306. The van der Waals surface area contributed by atoms with Crippen LogP contribution in [0.2, 0.25) is 0 Å². The van der Waals surface area contributed by atoms with E-state index < -0.39 is 0 Å². The fourth-order valence-corrected chi connectivity index (χ4v) is 4.89. The molecular formula is C28H41FN2O. The number of aromatic nitrogens is 2. The van der Waals surface area contributed by atoms with E-state index in [1.165, 1.54) is 70.3 Å². The topological polar surface area (TPSA) is 35.0 Å². The molecule has 0 bridgehead atoms. The number of aryl methyl sites for hydroxylation is 1. The molecule has 32 heavy (non-hydrogen) atoms. The molecule has 4 heteroatoms. The Morgan fingerprint density at radius 2 is 1.59 bits per heavy atom. The van der Waals surface area contributed by atoms with Gasteiger partial charge in [0, 0.05) is 11.6 Å². The van der Waals surface area contributed by atoms with Gasteiger partial charge in [-0.05, 0) is 55.4 Å². The Hall–Kier alpha value is -1.97. The molecule has 0 saturated heterocycles. The highest BCUT2D eigenvalue weighted by atomic mass is 19.1. The molecule has 1 heterocycles. The summed E-state index contributed by atoms with van der Waals surface area (Å²) < 4.78 is 20.4. The SMILES string of the molecule is CCCCCCCOc1ccc(-c2ccc(CCC3CCC(CCC)CC3)nn2)c(F)c1. The molecule has 3 rings (SSSR count). The van der Waals surface area contributed by atoms with Crippen molar-refractivity contribution in [3.8, 4) is 17.0 Å². The first-order valence-electron chi connectivity index (χ1n) is 12.9. The molecule has 1 aliphatic carbocycles. The van der Waals surface area contributed by atoms with Crippen LogP contribution in [0.4, 0.5) is 4.39 Å². The minimum Gasteiger partial charge on any atom is -0.493 e. The predicted octanol–water partition coefficient (Wildman–Crippen LogP) is 8.17. The highest BCUT2D eigenvalue weighted by molar-refractivity contribution is 5.60. The standard InChI is InChI=1S/C28H41FN2O/c1-3-5-6-7-8-20-32-25-17-18-26(27(29)21-25)28-19-16-24(30-31-28)15-14-23-12-10-22(9-4-2)11-13-23/h16-19,21-23H,3-15,20H2,1-2H3. The summed E-state index contributed by atoms with van der Waals surface area (Å²) in [4.78, 5) is 0. The average molecular weight is 441 g/mol. The van der Waals surface area contributed by atoms with E-state index in [-0.39, 0.29) is 5.82 Å². The first kappa shape index (κ1) is 24.7. The largest absolute Gasteiger partial charge is 0.493 e. The first-order valence-corrected chi connectivity index (χ1v) is 12.9. The number of halogens is 1. The third-order valence-corrected chi connectivity index (χ3v) is 6.92. The summed E-state index contributed by atoms with van der Waals surface area (Å²) in [6.45, 7) is 5.13. The normalized spacial score (nSPS) is 18.6. The van der Waals surface area contributed by atoms with Crippen LogP contribution in [0.25, 0.3) is 11.3 Å². The van der Waals surface area contributed by atoms with Crippen LogP contribution in [-0.2, 0) is 6.42 Å². The Morgan fingerprint density at radius 3 is 2.25 bits per heavy atom. The summed E-state index contributed by atoms with van der Waals surface area (Å²) in [6, 6.07) is 8.94. The number of nitrogens with zero attached hydrogens (tertiary/aromatic N) is 2. The molecule has 3 nitrogen and oxygen atoms in total. The number of benzene rings is 1. The van der Waals surface area contributed by atoms with Gasteiger partial charge in [-0.2, -0.15) is 10.2 Å². The van der Waals surface area contributed by atoms with Crippen LogP contribution in [0.3, 0.4) is 0 Å². The summed E-state index contributed by atoms with van der Waals surface area (Å²) in [5, 5.41) is 8.70. The zero-order valence-corrected chi connectivity index (χ0v) is 20.1. The Balaban J connectivity index is 1.45. The second-order valence-electron chi connectivity index (χ2n) is 9.53. The van der Waals surface area contributed by atoms with Gasteiger partial charge >= 0.3 is 0 Å². The van der Waals surface area contributed by atoms with Gasteiger partial charge in [-0.1, -0.05) is 78.1 Å². The first-order chi connectivity index (χ1) is 15.7. The quantitative estimate of drug-likeness (QED) is 0.295. The molecule has 0 spiro atoms. The maximum absolute atomic E-state index is 14.6. The molecule has 1 aliphatic rings. The van der Waals surface area contributed by atoms with Crippen LogP contribution >= 0.6 is 0 Å². The van der Waals surface area contributed by atoms with Gasteiger partial charge in [0.1, 0.15) is 11.6 Å². The van der Waals surface area contributed by atoms with Gasteiger partial charge in [0.15, 0.2) is 0 Å². The van der Waals surface area contributed by atoms with Crippen molar-refractivity contribution in [3.05, 3.63) is 41.8 Å². The molecule has 0 amide bonds. The lowest BCUT2D eigenvalue weighted by molar-refractivity contribution is 0.252. The highest BCUT2D eigenvalue weighted by Gasteiger charge is 2.20. The summed E-state index contributed by atoms with van der Waals surface area (Å²) in [6.07, 6.45) is 16.3. The fourth-order valence-electron chi connectivity index (χ4n) is 4.89. The van der Waals surface area contributed by atoms with Crippen LogP contribution < -0.4 is 4.74 Å². The van der Waals surface area contributed by atoms with Gasteiger partial charge in [-0.15, -0.1) is 0 Å². The molecule has 0 aliphatic heterocycles. The third-order valence-electron chi connectivity index (χ3n) is 6.92. The monoisotopic (exact) mass is 440 g/mol. The number of hydrogen-bond donors (Lipinski definition) is 0. The zero-order chi connectivity index (χ0) is 22.6. The van der Waals surface area contributed by atoms with Gasteiger partial charge in [0.25, 0.3) is 0 Å². The van der Waals surface area contributed by atoms with E-state index in [1.54, 1.807) is 6.07 Å². The molecule has 1 aromatic heterocycles. The average Bonchev–Trinajstić information content (AvgIpc) is 2.82. The molecule has 0 radical (unpaired) electrons. The Bertz CT molecular complexity index is 785. The summed E-state index contributed by atoms with van der Waals surface area (Å²) in [7, 11) is 0. The molecule has 1 saturated carbocycles. The van der Waals surface area contributed by atoms with Crippen LogP contribution in [0.5, 0.6) is 5.75 Å². The molecule has 0 atom stereocenters. The number of rotatable bonds is 13. The Kier molecular flexibility index (Phi) is 10.4. The van der Waals surface area contributed by atoms with Crippen LogP contribution in [0.1, 0.15) is 96.6 Å². The van der Waals surface area contributed by atoms with Crippen LogP contribution in [-0.4, -0.2) is 16.8 Å². The van der Waals surface area contributed by atoms with Gasteiger partial charge < -0.3 is 4.74 Å². The molecule has 2 aromatic rings. The molecular weight excluding hydrogens is 399 g/mol. The number of unbranched alkanes of at least 4 members (excludes halogenated alkanes) is 4. The van der Waals surface area contributed by atoms with Gasteiger partial charge in [0.05, 0.1) is 18.0 Å². The molecule has 0 unspecified atom stereocenters. The summed E-state index contributed by atoms with van der Waals surface area (Å²) >= 11 is 0. The van der Waals surface area contributed by atoms with E-state index in [0.717, 1.165) is 36.8 Å². The molecule has 0 N–H and O–H groups in total. The van der Waals surface area contributed by atoms with E-state index in [9.17, 15) is 4.39 Å². The second kappa shape index (κ2) is 13.5. The summed E-state index contributed by atoms with van der Waals surface area (Å²) in [5.41, 5.74) is 2.07. The second-order valence-corrected chi connectivity index (χ2v) is 9.53. The maximum atomic E-state index is 14.6. The molecule has 1 aromatic carbocycles. The lowest BCUT2D eigenvalue weighted by Gasteiger charge is -2.28.